The van der Waals surface area contributed by atoms with Crippen molar-refractivity contribution in [2.45, 2.75) is 46.5 Å². The maximum Gasteiger partial charge on any atom is 0.335 e. The van der Waals surface area contributed by atoms with Crippen molar-refractivity contribution in [2.24, 2.45) is 10.5 Å². The van der Waals surface area contributed by atoms with E-state index in [1.165, 1.54) is 30.5 Å². The minimum Gasteiger partial charge on any atom is -0.478 e. The lowest BCUT2D eigenvalue weighted by atomic mass is 9.72. The van der Waals surface area contributed by atoms with Gasteiger partial charge in [0, 0.05) is 11.6 Å². The fourth-order valence-corrected chi connectivity index (χ4v) is 4.36. The molecule has 0 atom stereocenters. The molecule has 0 saturated carbocycles. The molecule has 0 bridgehead atoms. The highest BCUT2D eigenvalue weighted by Gasteiger charge is 2.30. The van der Waals surface area contributed by atoms with Gasteiger partial charge in [-0.15, -0.1) is 0 Å². The summed E-state index contributed by atoms with van der Waals surface area (Å²) in [6.07, 6.45) is 2.10. The number of carboxylic acids is 1. The van der Waals surface area contributed by atoms with E-state index in [0.29, 0.717) is 17.1 Å². The Kier molecular flexibility index (Phi) is 8.35. The van der Waals surface area contributed by atoms with E-state index in [4.69, 9.17) is 14.3 Å². The molecular formula is C28H31N3O7. The van der Waals surface area contributed by atoms with Crippen molar-refractivity contribution >= 4 is 23.8 Å². The maximum absolute atomic E-state index is 12.2. The molecule has 2 N–H and O–H groups in total. The van der Waals surface area contributed by atoms with E-state index >= 15 is 0 Å². The van der Waals surface area contributed by atoms with Gasteiger partial charge in [0.05, 0.1) is 16.7 Å². The smallest absolute Gasteiger partial charge is 0.335 e. The number of hydrogen-bond acceptors (Lipinski definition) is 7. The molecule has 0 radical (unpaired) electrons. The van der Waals surface area contributed by atoms with Crippen LogP contribution in [-0.4, -0.2) is 34.7 Å². The van der Waals surface area contributed by atoms with Crippen LogP contribution in [0.25, 0.3) is 11.3 Å². The number of hydrogen-bond donors (Lipinski definition) is 2. The number of carboxylic acid groups (broad SMARTS) is 1. The van der Waals surface area contributed by atoms with E-state index in [9.17, 15) is 19.7 Å². The second kappa shape index (κ2) is 11.3. The van der Waals surface area contributed by atoms with Crippen LogP contribution in [0, 0.1) is 15.5 Å². The number of aromatic carboxylic acids is 1. The Morgan fingerprint density at radius 3 is 2.50 bits per heavy atom. The summed E-state index contributed by atoms with van der Waals surface area (Å²) >= 11 is 0. The number of carbonyl (C=O) groups is 2. The molecule has 1 amide bonds. The lowest BCUT2D eigenvalue weighted by molar-refractivity contribution is -0.385. The zero-order chi connectivity index (χ0) is 28.1. The first-order valence-electron chi connectivity index (χ1n) is 11.9. The number of amides is 1. The Balaban J connectivity index is 1.61. The summed E-state index contributed by atoms with van der Waals surface area (Å²) in [6.45, 7) is 9.96. The molecule has 3 aromatic rings. The van der Waals surface area contributed by atoms with Crippen LogP contribution in [0.1, 0.15) is 62.7 Å². The normalized spacial score (nSPS) is 11.9. The Labute approximate surface area is 220 Å². The van der Waals surface area contributed by atoms with Gasteiger partial charge in [-0.05, 0) is 53.1 Å². The van der Waals surface area contributed by atoms with E-state index in [-0.39, 0.29) is 27.8 Å². The summed E-state index contributed by atoms with van der Waals surface area (Å²) in [5.41, 5.74) is 3.34. The highest BCUT2D eigenvalue weighted by molar-refractivity contribution is 5.89. The van der Waals surface area contributed by atoms with Gasteiger partial charge < -0.3 is 14.3 Å². The second-order valence-corrected chi connectivity index (χ2v) is 10.7. The Morgan fingerprint density at radius 1 is 1.11 bits per heavy atom. The molecule has 1 heterocycles. The molecule has 10 nitrogen and oxygen atoms in total. The van der Waals surface area contributed by atoms with Crippen molar-refractivity contribution in [1.29, 1.82) is 0 Å². The minimum absolute atomic E-state index is 0.0105. The zero-order valence-corrected chi connectivity index (χ0v) is 22.0. The van der Waals surface area contributed by atoms with Crippen molar-refractivity contribution in [3.63, 3.8) is 0 Å². The minimum atomic E-state index is -1.05. The molecule has 1 aromatic heterocycles. The van der Waals surface area contributed by atoms with Gasteiger partial charge in [0.1, 0.15) is 11.5 Å². The number of ether oxygens (including phenoxy) is 1. The van der Waals surface area contributed by atoms with E-state index in [1.54, 1.807) is 30.3 Å². The van der Waals surface area contributed by atoms with Crippen molar-refractivity contribution in [1.82, 2.24) is 5.43 Å². The third-order valence-corrected chi connectivity index (χ3v) is 5.67. The molecule has 0 saturated heterocycles. The average molecular weight is 522 g/mol. The van der Waals surface area contributed by atoms with E-state index < -0.39 is 23.4 Å². The molecule has 0 fully saturated rings. The molecule has 0 aliphatic carbocycles. The Bertz CT molecular complexity index is 1370. The van der Waals surface area contributed by atoms with Crippen molar-refractivity contribution < 1.29 is 28.8 Å². The first kappa shape index (κ1) is 28.1. The van der Waals surface area contributed by atoms with E-state index in [2.05, 4.69) is 31.3 Å². The van der Waals surface area contributed by atoms with Gasteiger partial charge in [-0.3, -0.25) is 14.9 Å². The predicted octanol–water partition coefficient (Wildman–Crippen LogP) is 5.80. The summed E-state index contributed by atoms with van der Waals surface area (Å²) in [6, 6.07) is 14.3. The monoisotopic (exact) mass is 521 g/mol. The van der Waals surface area contributed by atoms with Crippen LogP contribution in [-0.2, 0) is 10.2 Å². The topological polar surface area (TPSA) is 144 Å². The maximum atomic E-state index is 12.2. The number of nitrogens with one attached hydrogen (secondary N) is 1. The number of rotatable bonds is 10. The number of nitrogens with zero attached hydrogens (tertiary/aromatic N) is 2. The number of nitro groups is 1. The SMILES string of the molecule is CC(C)(C)CC(C)(C)c1ccc(OCC(=O)NN=Cc2ccc(-c3cccc(C(=O)O)c3)o2)c([N+](=O)[O-])c1. The van der Waals surface area contributed by atoms with Gasteiger partial charge in [-0.1, -0.05) is 52.8 Å². The largest absolute Gasteiger partial charge is 0.478 e. The van der Waals surface area contributed by atoms with Crippen LogP contribution >= 0.6 is 0 Å². The van der Waals surface area contributed by atoms with Crippen LogP contribution < -0.4 is 10.2 Å². The molecule has 38 heavy (non-hydrogen) atoms. The molecule has 0 aliphatic rings. The van der Waals surface area contributed by atoms with Gasteiger partial charge in [-0.25, -0.2) is 10.2 Å². The van der Waals surface area contributed by atoms with Crippen molar-refractivity contribution in [3.05, 3.63) is 81.6 Å². The lowest BCUT2D eigenvalue weighted by Crippen LogP contribution is -2.26. The van der Waals surface area contributed by atoms with Gasteiger partial charge in [0.2, 0.25) is 0 Å². The summed E-state index contributed by atoms with van der Waals surface area (Å²) in [4.78, 5) is 34.5. The van der Waals surface area contributed by atoms with Crippen molar-refractivity contribution in [3.8, 4) is 17.1 Å². The average Bonchev–Trinajstić information content (AvgIpc) is 3.30. The lowest BCUT2D eigenvalue weighted by Gasteiger charge is -2.33. The first-order chi connectivity index (χ1) is 17.7. The summed E-state index contributed by atoms with van der Waals surface area (Å²) in [5, 5.41) is 24.6. The standard InChI is InChI=1S/C28H31N3O7/c1-27(2,3)17-28(4,5)20-9-11-24(22(14-20)31(35)36)37-16-25(32)30-29-15-21-10-12-23(38-21)18-7-6-8-19(13-18)26(33)34/h6-15H,16-17H2,1-5H3,(H,30,32)(H,33,34). The third-order valence-electron chi connectivity index (χ3n) is 5.67. The van der Waals surface area contributed by atoms with E-state index in [0.717, 1.165) is 12.0 Å². The summed E-state index contributed by atoms with van der Waals surface area (Å²) in [7, 11) is 0. The van der Waals surface area contributed by atoms with Gasteiger partial charge >= 0.3 is 11.7 Å². The molecule has 10 heteroatoms. The fraction of sp³-hybridized carbons (Fsp3) is 0.321. The molecule has 0 aliphatic heterocycles. The third kappa shape index (κ3) is 7.52. The summed E-state index contributed by atoms with van der Waals surface area (Å²) in [5.74, 6) is -0.912. The van der Waals surface area contributed by atoms with Crippen LogP contribution in [0.5, 0.6) is 5.75 Å². The fourth-order valence-electron chi connectivity index (χ4n) is 4.36. The second-order valence-electron chi connectivity index (χ2n) is 10.7. The molecule has 0 unspecified atom stereocenters. The van der Waals surface area contributed by atoms with E-state index in [1.807, 2.05) is 13.8 Å². The first-order valence-corrected chi connectivity index (χ1v) is 11.9. The van der Waals surface area contributed by atoms with Crippen LogP contribution in [0.4, 0.5) is 5.69 Å². The van der Waals surface area contributed by atoms with Gasteiger partial charge in [0.25, 0.3) is 5.91 Å². The quantitative estimate of drug-likeness (QED) is 0.195. The number of hydrazone groups is 1. The highest BCUT2D eigenvalue weighted by Crippen LogP contribution is 2.39. The Morgan fingerprint density at radius 2 is 1.84 bits per heavy atom. The number of furan rings is 1. The summed E-state index contributed by atoms with van der Waals surface area (Å²) < 4.78 is 11.1. The predicted molar refractivity (Wildman–Crippen MR) is 143 cm³/mol. The molecule has 0 spiro atoms. The number of benzene rings is 2. The van der Waals surface area contributed by atoms with Gasteiger partial charge in [-0.2, -0.15) is 5.10 Å². The zero-order valence-electron chi connectivity index (χ0n) is 22.0. The van der Waals surface area contributed by atoms with Crippen LogP contribution in [0.3, 0.4) is 0 Å². The van der Waals surface area contributed by atoms with Crippen LogP contribution in [0.2, 0.25) is 0 Å². The number of nitro benzene ring substituents is 1. The molecule has 200 valence electrons. The highest BCUT2D eigenvalue weighted by atomic mass is 16.6. The van der Waals surface area contributed by atoms with Gasteiger partial charge in [0.15, 0.2) is 12.4 Å². The van der Waals surface area contributed by atoms with Crippen molar-refractivity contribution in [2.75, 3.05) is 6.61 Å². The number of carbonyl (C=O) groups excluding carboxylic acids is 1. The van der Waals surface area contributed by atoms with Crippen LogP contribution in [0.15, 0.2) is 64.1 Å². The molecular weight excluding hydrogens is 490 g/mol. The molecule has 3 rings (SSSR count). The Hall–Kier alpha value is -4.47. The molecule has 2 aromatic carbocycles.